The second-order valence-corrected chi connectivity index (χ2v) is 4.35. The van der Waals surface area contributed by atoms with Gasteiger partial charge < -0.3 is 10.0 Å². The molecule has 0 amide bonds. The lowest BCUT2D eigenvalue weighted by Gasteiger charge is -2.28. The van der Waals surface area contributed by atoms with E-state index in [1.165, 1.54) is 0 Å². The molecule has 1 fully saturated rings. The molecular formula is C11H22N2O2. The summed E-state index contributed by atoms with van der Waals surface area (Å²) in [5.74, 6) is -0.681. The number of carbonyl (C=O) groups is 1. The van der Waals surface area contributed by atoms with E-state index in [1.807, 2.05) is 0 Å². The molecule has 0 radical (unpaired) electrons. The molecule has 15 heavy (non-hydrogen) atoms. The van der Waals surface area contributed by atoms with E-state index in [9.17, 15) is 4.79 Å². The van der Waals surface area contributed by atoms with Crippen molar-refractivity contribution in [1.82, 2.24) is 9.80 Å². The van der Waals surface area contributed by atoms with Crippen molar-refractivity contribution in [3.63, 3.8) is 0 Å². The average Bonchev–Trinajstić information content (AvgIpc) is 2.39. The molecule has 4 nitrogen and oxygen atoms in total. The fourth-order valence-corrected chi connectivity index (χ4v) is 2.16. The molecule has 1 N–H and O–H groups in total. The lowest BCUT2D eigenvalue weighted by molar-refractivity contribution is -0.138. The molecule has 0 aromatic heterocycles. The molecule has 1 rings (SSSR count). The normalized spacial score (nSPS) is 22.3. The van der Waals surface area contributed by atoms with Crippen LogP contribution in [0.25, 0.3) is 0 Å². The number of hydrogen-bond acceptors (Lipinski definition) is 3. The molecule has 0 spiro atoms. The minimum Gasteiger partial charge on any atom is -0.481 e. The summed E-state index contributed by atoms with van der Waals surface area (Å²) in [4.78, 5) is 15.4. The van der Waals surface area contributed by atoms with Gasteiger partial charge in [-0.2, -0.15) is 0 Å². The van der Waals surface area contributed by atoms with Crippen LogP contribution in [0.15, 0.2) is 0 Å². The van der Waals surface area contributed by atoms with Gasteiger partial charge in [0.15, 0.2) is 0 Å². The molecule has 0 bridgehead atoms. The second kappa shape index (κ2) is 6.08. The highest BCUT2D eigenvalue weighted by Gasteiger charge is 2.21. The fourth-order valence-electron chi connectivity index (χ4n) is 2.16. The van der Waals surface area contributed by atoms with Gasteiger partial charge >= 0.3 is 5.97 Å². The molecular weight excluding hydrogens is 192 g/mol. The van der Waals surface area contributed by atoms with Gasteiger partial charge in [0.2, 0.25) is 0 Å². The van der Waals surface area contributed by atoms with E-state index >= 15 is 0 Å². The van der Waals surface area contributed by atoms with Gasteiger partial charge in [0.05, 0.1) is 6.42 Å². The molecule has 1 aliphatic rings. The Kier molecular flexibility index (Phi) is 5.05. The van der Waals surface area contributed by atoms with Crippen LogP contribution in [0.1, 0.15) is 26.2 Å². The Balaban J connectivity index is 2.47. The first-order chi connectivity index (χ1) is 7.13. The lowest BCUT2D eigenvalue weighted by atomic mass is 10.1. The zero-order chi connectivity index (χ0) is 11.3. The third kappa shape index (κ3) is 4.18. The summed E-state index contributed by atoms with van der Waals surface area (Å²) in [6.45, 7) is 6.29. The van der Waals surface area contributed by atoms with Crippen LogP contribution in [-0.4, -0.2) is 60.1 Å². The Morgan fingerprint density at radius 3 is 2.67 bits per heavy atom. The number of aliphatic carboxylic acids is 1. The Morgan fingerprint density at radius 2 is 2.07 bits per heavy atom. The lowest BCUT2D eigenvalue weighted by Crippen LogP contribution is -2.39. The van der Waals surface area contributed by atoms with E-state index in [0.717, 1.165) is 39.0 Å². The van der Waals surface area contributed by atoms with Crippen molar-refractivity contribution in [1.29, 1.82) is 0 Å². The van der Waals surface area contributed by atoms with Crippen LogP contribution in [0.2, 0.25) is 0 Å². The van der Waals surface area contributed by atoms with Gasteiger partial charge in [0.1, 0.15) is 0 Å². The van der Waals surface area contributed by atoms with Crippen molar-refractivity contribution in [2.75, 3.05) is 33.2 Å². The van der Waals surface area contributed by atoms with Crippen molar-refractivity contribution in [2.24, 2.45) is 0 Å². The number of carboxylic acids is 1. The van der Waals surface area contributed by atoms with Gasteiger partial charge in [-0.3, -0.25) is 9.69 Å². The third-order valence-electron chi connectivity index (χ3n) is 3.15. The van der Waals surface area contributed by atoms with E-state index in [2.05, 4.69) is 23.8 Å². The zero-order valence-corrected chi connectivity index (χ0v) is 9.78. The van der Waals surface area contributed by atoms with Gasteiger partial charge in [-0.15, -0.1) is 0 Å². The van der Waals surface area contributed by atoms with Gasteiger partial charge in [0, 0.05) is 19.1 Å². The van der Waals surface area contributed by atoms with E-state index in [4.69, 9.17) is 5.11 Å². The van der Waals surface area contributed by atoms with Crippen LogP contribution in [0.4, 0.5) is 0 Å². The minimum atomic E-state index is -0.681. The Hall–Kier alpha value is -0.610. The molecule has 1 aliphatic heterocycles. The number of nitrogens with zero attached hydrogens (tertiary/aromatic N) is 2. The molecule has 1 unspecified atom stereocenters. The van der Waals surface area contributed by atoms with Crippen LogP contribution in [0.5, 0.6) is 0 Å². The van der Waals surface area contributed by atoms with Gasteiger partial charge in [0.25, 0.3) is 0 Å². The molecule has 1 atom stereocenters. The predicted molar refractivity (Wildman–Crippen MR) is 60.0 cm³/mol. The maximum atomic E-state index is 10.7. The van der Waals surface area contributed by atoms with E-state index < -0.39 is 5.97 Å². The molecule has 1 heterocycles. The van der Waals surface area contributed by atoms with Gasteiger partial charge in [-0.05, 0) is 33.0 Å². The Morgan fingerprint density at radius 1 is 1.33 bits per heavy atom. The highest BCUT2D eigenvalue weighted by atomic mass is 16.4. The first-order valence-corrected chi connectivity index (χ1v) is 5.78. The Bertz CT molecular complexity index is 209. The standard InChI is InChI=1S/C11H22N2O2/c1-3-10(9-11(14)15)13-6-4-5-12(2)7-8-13/h10H,3-9H2,1-2H3,(H,14,15). The number of likely N-dealkylation sites (N-methyl/N-ethyl adjacent to an activating group) is 1. The van der Waals surface area contributed by atoms with E-state index in [0.29, 0.717) is 0 Å². The molecule has 88 valence electrons. The van der Waals surface area contributed by atoms with Crippen LogP contribution in [-0.2, 0) is 4.79 Å². The molecule has 0 aliphatic carbocycles. The van der Waals surface area contributed by atoms with Crippen molar-refractivity contribution in [3.05, 3.63) is 0 Å². The number of rotatable bonds is 4. The van der Waals surface area contributed by atoms with Gasteiger partial charge in [-0.1, -0.05) is 6.92 Å². The van der Waals surface area contributed by atoms with Crippen molar-refractivity contribution < 1.29 is 9.90 Å². The van der Waals surface area contributed by atoms with Crippen LogP contribution in [0, 0.1) is 0 Å². The SMILES string of the molecule is CCC(CC(=O)O)N1CCCN(C)CC1. The summed E-state index contributed by atoms with van der Waals surface area (Å²) in [7, 11) is 2.13. The maximum Gasteiger partial charge on any atom is 0.304 e. The van der Waals surface area contributed by atoms with Crippen molar-refractivity contribution >= 4 is 5.97 Å². The van der Waals surface area contributed by atoms with Crippen molar-refractivity contribution in [2.45, 2.75) is 32.2 Å². The summed E-state index contributed by atoms with van der Waals surface area (Å²) in [5, 5.41) is 8.83. The summed E-state index contributed by atoms with van der Waals surface area (Å²) < 4.78 is 0. The van der Waals surface area contributed by atoms with Crippen LogP contribution in [0.3, 0.4) is 0 Å². The molecule has 0 aromatic rings. The first kappa shape index (κ1) is 12.5. The van der Waals surface area contributed by atoms with E-state index in [1.54, 1.807) is 0 Å². The minimum absolute atomic E-state index is 0.217. The van der Waals surface area contributed by atoms with Crippen LogP contribution >= 0.6 is 0 Å². The summed E-state index contributed by atoms with van der Waals surface area (Å²) >= 11 is 0. The van der Waals surface area contributed by atoms with E-state index in [-0.39, 0.29) is 12.5 Å². The summed E-state index contributed by atoms with van der Waals surface area (Å²) in [6, 6.07) is 0.217. The quantitative estimate of drug-likeness (QED) is 0.754. The smallest absolute Gasteiger partial charge is 0.304 e. The topological polar surface area (TPSA) is 43.8 Å². The highest BCUT2D eigenvalue weighted by molar-refractivity contribution is 5.67. The summed E-state index contributed by atoms with van der Waals surface area (Å²) in [5.41, 5.74) is 0. The molecule has 4 heteroatoms. The monoisotopic (exact) mass is 214 g/mol. The zero-order valence-electron chi connectivity index (χ0n) is 9.78. The van der Waals surface area contributed by atoms with Gasteiger partial charge in [-0.25, -0.2) is 0 Å². The predicted octanol–water partition coefficient (Wildman–Crippen LogP) is 0.877. The highest BCUT2D eigenvalue weighted by Crippen LogP contribution is 2.12. The first-order valence-electron chi connectivity index (χ1n) is 5.78. The fraction of sp³-hybridized carbons (Fsp3) is 0.909. The second-order valence-electron chi connectivity index (χ2n) is 4.35. The summed E-state index contributed by atoms with van der Waals surface area (Å²) in [6.07, 6.45) is 2.35. The molecule has 0 aromatic carbocycles. The maximum absolute atomic E-state index is 10.7. The average molecular weight is 214 g/mol. The Labute approximate surface area is 91.9 Å². The number of hydrogen-bond donors (Lipinski definition) is 1. The molecule has 1 saturated heterocycles. The third-order valence-corrected chi connectivity index (χ3v) is 3.15. The van der Waals surface area contributed by atoms with Crippen molar-refractivity contribution in [3.8, 4) is 0 Å². The van der Waals surface area contributed by atoms with Crippen LogP contribution < -0.4 is 0 Å². The number of carboxylic acid groups (broad SMARTS) is 1. The molecule has 0 saturated carbocycles. The largest absolute Gasteiger partial charge is 0.481 e.